The van der Waals surface area contributed by atoms with Gasteiger partial charge in [-0.05, 0) is 25.0 Å². The van der Waals surface area contributed by atoms with E-state index < -0.39 is 0 Å². The number of amides is 1. The van der Waals surface area contributed by atoms with E-state index in [9.17, 15) is 15.2 Å². The summed E-state index contributed by atoms with van der Waals surface area (Å²) in [4.78, 5) is 14.1. The summed E-state index contributed by atoms with van der Waals surface area (Å²) in [6.45, 7) is 0. The maximum absolute atomic E-state index is 12.4. The Morgan fingerprint density at radius 2 is 2.14 bits per heavy atom. The minimum absolute atomic E-state index is 0.0661. The lowest BCUT2D eigenvalue weighted by Gasteiger charge is -2.31. The van der Waals surface area contributed by atoms with Crippen LogP contribution in [-0.2, 0) is 4.79 Å². The van der Waals surface area contributed by atoms with E-state index >= 15 is 0 Å². The molecule has 1 fully saturated rings. The highest BCUT2D eigenvalue weighted by Crippen LogP contribution is 2.22. The molecule has 0 saturated heterocycles. The SMILES string of the molecule is CN(C(=O)/C(C#N)=C\Nc1cccc(O)c1)C1CCCCC1. The van der Waals surface area contributed by atoms with Crippen LogP contribution in [-0.4, -0.2) is 29.0 Å². The van der Waals surface area contributed by atoms with E-state index in [1.165, 1.54) is 18.7 Å². The lowest BCUT2D eigenvalue weighted by atomic mass is 9.94. The van der Waals surface area contributed by atoms with Gasteiger partial charge in [-0.3, -0.25) is 4.79 Å². The van der Waals surface area contributed by atoms with E-state index in [-0.39, 0.29) is 23.3 Å². The largest absolute Gasteiger partial charge is 0.508 e. The highest BCUT2D eigenvalue weighted by Gasteiger charge is 2.24. The summed E-state index contributed by atoms with van der Waals surface area (Å²) in [5, 5.41) is 21.5. The maximum atomic E-state index is 12.4. The average Bonchev–Trinajstić information content (AvgIpc) is 2.55. The molecule has 1 amide bonds. The van der Waals surface area contributed by atoms with E-state index in [1.807, 2.05) is 6.07 Å². The van der Waals surface area contributed by atoms with Crippen molar-refractivity contribution in [1.82, 2.24) is 4.90 Å². The van der Waals surface area contributed by atoms with E-state index in [1.54, 1.807) is 30.1 Å². The van der Waals surface area contributed by atoms with Gasteiger partial charge >= 0.3 is 0 Å². The molecule has 1 aliphatic rings. The monoisotopic (exact) mass is 299 g/mol. The molecule has 116 valence electrons. The summed E-state index contributed by atoms with van der Waals surface area (Å²) in [7, 11) is 1.76. The van der Waals surface area contributed by atoms with Gasteiger partial charge in [0.05, 0.1) is 0 Å². The van der Waals surface area contributed by atoms with Crippen molar-refractivity contribution in [1.29, 1.82) is 5.26 Å². The third-order valence-electron chi connectivity index (χ3n) is 4.02. The second kappa shape index (κ2) is 7.51. The Labute approximate surface area is 130 Å². The molecular formula is C17H21N3O2. The molecule has 22 heavy (non-hydrogen) atoms. The van der Waals surface area contributed by atoms with Crippen molar-refractivity contribution >= 4 is 11.6 Å². The molecule has 5 heteroatoms. The van der Waals surface area contributed by atoms with E-state index in [0.29, 0.717) is 5.69 Å². The number of nitrogens with one attached hydrogen (secondary N) is 1. The van der Waals surface area contributed by atoms with E-state index in [0.717, 1.165) is 25.7 Å². The molecule has 0 unspecified atom stereocenters. The number of carbonyl (C=O) groups is 1. The smallest absolute Gasteiger partial charge is 0.266 e. The first-order valence-corrected chi connectivity index (χ1v) is 7.55. The molecule has 0 heterocycles. The van der Waals surface area contributed by atoms with Gasteiger partial charge in [-0.1, -0.05) is 25.3 Å². The number of hydrogen-bond donors (Lipinski definition) is 2. The summed E-state index contributed by atoms with van der Waals surface area (Å²) < 4.78 is 0. The zero-order valence-corrected chi connectivity index (χ0v) is 12.7. The van der Waals surface area contributed by atoms with Crippen LogP contribution in [0.15, 0.2) is 36.0 Å². The Morgan fingerprint density at radius 1 is 1.41 bits per heavy atom. The summed E-state index contributed by atoms with van der Waals surface area (Å²) >= 11 is 0. The van der Waals surface area contributed by atoms with Gasteiger partial charge in [-0.15, -0.1) is 0 Å². The molecule has 1 aromatic carbocycles. The number of aromatic hydroxyl groups is 1. The first-order valence-electron chi connectivity index (χ1n) is 7.55. The van der Waals surface area contributed by atoms with Crippen molar-refractivity contribution in [2.24, 2.45) is 0 Å². The van der Waals surface area contributed by atoms with Gasteiger partial charge in [0.1, 0.15) is 17.4 Å². The topological polar surface area (TPSA) is 76.4 Å². The van der Waals surface area contributed by atoms with Crippen LogP contribution in [0.2, 0.25) is 0 Å². The molecule has 5 nitrogen and oxygen atoms in total. The van der Waals surface area contributed by atoms with Crippen molar-refractivity contribution in [3.8, 4) is 11.8 Å². The molecule has 2 rings (SSSR count). The van der Waals surface area contributed by atoms with Crippen molar-refractivity contribution in [3.05, 3.63) is 36.0 Å². The average molecular weight is 299 g/mol. The van der Waals surface area contributed by atoms with Gasteiger partial charge < -0.3 is 15.3 Å². The lowest BCUT2D eigenvalue weighted by molar-refractivity contribution is -0.128. The number of phenols is 1. The number of hydrogen-bond acceptors (Lipinski definition) is 4. The fourth-order valence-corrected chi connectivity index (χ4v) is 2.72. The molecule has 0 aromatic heterocycles. The number of nitrogens with zero attached hydrogens (tertiary/aromatic N) is 2. The van der Waals surface area contributed by atoms with Crippen LogP contribution in [0.5, 0.6) is 5.75 Å². The van der Waals surface area contributed by atoms with Crippen molar-refractivity contribution in [3.63, 3.8) is 0 Å². The van der Waals surface area contributed by atoms with Crippen LogP contribution >= 0.6 is 0 Å². The van der Waals surface area contributed by atoms with Gasteiger partial charge in [0.2, 0.25) is 0 Å². The normalized spacial score (nSPS) is 15.9. The number of phenolic OH excluding ortho intramolecular Hbond substituents is 1. The Bertz CT molecular complexity index is 598. The predicted octanol–water partition coefficient (Wildman–Crippen LogP) is 3.00. The van der Waals surface area contributed by atoms with Crippen LogP contribution in [0.1, 0.15) is 32.1 Å². The molecule has 2 N–H and O–H groups in total. The summed E-state index contributed by atoms with van der Waals surface area (Å²) in [5.74, 6) is -0.135. The third-order valence-corrected chi connectivity index (χ3v) is 4.02. The molecule has 0 aliphatic heterocycles. The fraction of sp³-hybridized carbons (Fsp3) is 0.412. The summed E-state index contributed by atoms with van der Waals surface area (Å²) in [5.41, 5.74) is 0.692. The Morgan fingerprint density at radius 3 is 2.77 bits per heavy atom. The van der Waals surface area contributed by atoms with Crippen LogP contribution in [0.4, 0.5) is 5.69 Å². The van der Waals surface area contributed by atoms with Crippen LogP contribution in [0, 0.1) is 11.3 Å². The third kappa shape index (κ3) is 4.01. The van der Waals surface area contributed by atoms with Gasteiger partial charge in [-0.25, -0.2) is 0 Å². The summed E-state index contributed by atoms with van der Waals surface area (Å²) in [6, 6.07) is 8.70. The van der Waals surface area contributed by atoms with Crippen LogP contribution < -0.4 is 5.32 Å². The van der Waals surface area contributed by atoms with Gasteiger partial charge in [0.15, 0.2) is 0 Å². The highest BCUT2D eigenvalue weighted by atomic mass is 16.3. The van der Waals surface area contributed by atoms with Crippen molar-refractivity contribution in [2.75, 3.05) is 12.4 Å². The van der Waals surface area contributed by atoms with E-state index in [2.05, 4.69) is 5.32 Å². The second-order valence-corrected chi connectivity index (χ2v) is 5.57. The molecule has 0 bridgehead atoms. The maximum Gasteiger partial charge on any atom is 0.266 e. The summed E-state index contributed by atoms with van der Waals surface area (Å²) in [6.07, 6.45) is 6.89. The number of anilines is 1. The van der Waals surface area contributed by atoms with Gasteiger partial charge in [-0.2, -0.15) is 5.26 Å². The van der Waals surface area contributed by atoms with E-state index in [4.69, 9.17) is 0 Å². The number of rotatable bonds is 4. The molecule has 1 saturated carbocycles. The minimum Gasteiger partial charge on any atom is -0.508 e. The predicted molar refractivity (Wildman–Crippen MR) is 85.1 cm³/mol. The Kier molecular flexibility index (Phi) is 5.42. The van der Waals surface area contributed by atoms with Gasteiger partial charge in [0.25, 0.3) is 5.91 Å². The van der Waals surface area contributed by atoms with Gasteiger partial charge in [0, 0.05) is 31.0 Å². The zero-order valence-electron chi connectivity index (χ0n) is 12.7. The first kappa shape index (κ1) is 15.9. The standard InChI is InChI=1S/C17H21N3O2/c1-20(15-7-3-2-4-8-15)17(22)13(11-18)12-19-14-6-5-9-16(21)10-14/h5-6,9-10,12,15,19,21H,2-4,7-8H2,1H3/b13-12-. The zero-order chi connectivity index (χ0) is 15.9. The quantitative estimate of drug-likeness (QED) is 0.662. The molecular weight excluding hydrogens is 278 g/mol. The van der Waals surface area contributed by atoms with Crippen molar-refractivity contribution < 1.29 is 9.90 Å². The molecule has 0 radical (unpaired) electrons. The minimum atomic E-state index is -0.262. The number of likely N-dealkylation sites (N-methyl/N-ethyl adjacent to an activating group) is 1. The number of nitriles is 1. The molecule has 0 atom stereocenters. The van der Waals surface area contributed by atoms with Crippen molar-refractivity contribution in [2.45, 2.75) is 38.1 Å². The molecule has 1 aromatic rings. The Balaban J connectivity index is 2.04. The van der Waals surface area contributed by atoms with Crippen LogP contribution in [0.3, 0.4) is 0 Å². The fourth-order valence-electron chi connectivity index (χ4n) is 2.72. The first-order chi connectivity index (χ1) is 10.6. The second-order valence-electron chi connectivity index (χ2n) is 5.57. The molecule has 1 aliphatic carbocycles. The lowest BCUT2D eigenvalue weighted by Crippen LogP contribution is -2.39. The van der Waals surface area contributed by atoms with Crippen LogP contribution in [0.25, 0.3) is 0 Å². The Hall–Kier alpha value is -2.48. The number of carbonyl (C=O) groups excluding carboxylic acids is 1. The highest BCUT2D eigenvalue weighted by molar-refractivity contribution is 5.97. The molecule has 0 spiro atoms. The number of benzene rings is 1.